The Hall–Kier alpha value is -1.45. The van der Waals surface area contributed by atoms with Gasteiger partial charge in [0.15, 0.2) is 5.03 Å². The van der Waals surface area contributed by atoms with Crippen LogP contribution in [0.5, 0.6) is 0 Å². The Morgan fingerprint density at radius 1 is 1.55 bits per heavy atom. The number of fused-ring (bicyclic) bond motifs is 1. The van der Waals surface area contributed by atoms with Gasteiger partial charge in [0.25, 0.3) is 10.0 Å². The van der Waals surface area contributed by atoms with Crippen molar-refractivity contribution in [2.45, 2.75) is 11.4 Å². The second kappa shape index (κ2) is 5.32. The minimum Gasteiger partial charge on any atom is -0.381 e. The van der Waals surface area contributed by atoms with Crippen LogP contribution >= 0.6 is 0 Å². The van der Waals surface area contributed by atoms with Gasteiger partial charge < -0.3 is 10.1 Å². The van der Waals surface area contributed by atoms with E-state index in [4.69, 9.17) is 4.74 Å². The molecule has 1 aromatic heterocycles. The summed E-state index contributed by atoms with van der Waals surface area (Å²) in [5.74, 6) is -0.237. The largest absolute Gasteiger partial charge is 0.381 e. The van der Waals surface area contributed by atoms with Gasteiger partial charge in [0.1, 0.15) is 0 Å². The molecule has 2 aliphatic heterocycles. The highest BCUT2D eigenvalue weighted by Gasteiger charge is 2.56. The van der Waals surface area contributed by atoms with E-state index in [1.54, 1.807) is 20.3 Å². The van der Waals surface area contributed by atoms with E-state index in [2.05, 4.69) is 10.4 Å². The van der Waals surface area contributed by atoms with Crippen LogP contribution in [0.15, 0.2) is 17.3 Å². The third-order valence-electron chi connectivity index (χ3n) is 4.65. The standard InChI is InChI=1S/C13H20N4O4S/c1-14-12(18)13-4-6-21-8-10(13)7-17(9-13)22(19,20)11-3-5-16(2)15-11/h3,5,10H,4,6-9H2,1-2H3,(H,14,18)/t10-,13+/m1/s1. The van der Waals surface area contributed by atoms with Gasteiger partial charge in [-0.15, -0.1) is 0 Å². The molecular formula is C13H20N4O4S. The number of hydrogen-bond acceptors (Lipinski definition) is 5. The molecule has 2 atom stereocenters. The second-order valence-corrected chi connectivity index (χ2v) is 7.77. The third kappa shape index (κ3) is 2.24. The van der Waals surface area contributed by atoms with Gasteiger partial charge in [0.2, 0.25) is 5.91 Å². The van der Waals surface area contributed by atoms with Gasteiger partial charge in [-0.05, 0) is 12.5 Å². The quantitative estimate of drug-likeness (QED) is 0.783. The minimum absolute atomic E-state index is 0.0154. The number of carbonyl (C=O) groups is 1. The van der Waals surface area contributed by atoms with Crippen molar-refractivity contribution in [2.24, 2.45) is 18.4 Å². The summed E-state index contributed by atoms with van der Waals surface area (Å²) in [5, 5.41) is 6.68. The monoisotopic (exact) mass is 328 g/mol. The summed E-state index contributed by atoms with van der Waals surface area (Å²) in [5.41, 5.74) is -0.700. The number of nitrogens with one attached hydrogen (secondary N) is 1. The molecule has 3 rings (SSSR count). The first kappa shape index (κ1) is 15.4. The Bertz CT molecular complexity index is 686. The summed E-state index contributed by atoms with van der Waals surface area (Å²) in [6, 6.07) is 1.47. The predicted octanol–water partition coefficient (Wildman–Crippen LogP) is -0.807. The van der Waals surface area contributed by atoms with Crippen molar-refractivity contribution in [1.82, 2.24) is 19.4 Å². The smallest absolute Gasteiger partial charge is 0.262 e. The van der Waals surface area contributed by atoms with E-state index in [9.17, 15) is 13.2 Å². The van der Waals surface area contributed by atoms with E-state index >= 15 is 0 Å². The zero-order chi connectivity index (χ0) is 16.0. The molecule has 0 bridgehead atoms. The van der Waals surface area contributed by atoms with E-state index in [0.29, 0.717) is 19.6 Å². The zero-order valence-corrected chi connectivity index (χ0v) is 13.5. The van der Waals surface area contributed by atoms with Crippen molar-refractivity contribution in [2.75, 3.05) is 33.4 Å². The fourth-order valence-electron chi connectivity index (χ4n) is 3.37. The van der Waals surface area contributed by atoms with Crippen LogP contribution in [0.4, 0.5) is 0 Å². The van der Waals surface area contributed by atoms with Crippen LogP contribution in [0.2, 0.25) is 0 Å². The van der Waals surface area contributed by atoms with Crippen molar-refractivity contribution in [3.05, 3.63) is 12.3 Å². The number of rotatable bonds is 3. The second-order valence-electron chi connectivity index (χ2n) is 5.88. The molecule has 0 spiro atoms. The number of hydrogen-bond donors (Lipinski definition) is 1. The molecule has 1 aromatic rings. The Morgan fingerprint density at radius 2 is 2.32 bits per heavy atom. The first-order chi connectivity index (χ1) is 10.4. The first-order valence-electron chi connectivity index (χ1n) is 7.20. The van der Waals surface area contributed by atoms with E-state index in [-0.39, 0.29) is 29.9 Å². The number of nitrogens with zero attached hydrogens (tertiary/aromatic N) is 3. The Morgan fingerprint density at radius 3 is 2.95 bits per heavy atom. The molecule has 0 unspecified atom stereocenters. The maximum Gasteiger partial charge on any atom is 0.262 e. The summed E-state index contributed by atoms with van der Waals surface area (Å²) in [6.45, 7) is 1.34. The molecule has 3 heterocycles. The lowest BCUT2D eigenvalue weighted by Gasteiger charge is -2.36. The number of carbonyl (C=O) groups excluding carboxylic acids is 1. The van der Waals surface area contributed by atoms with Crippen molar-refractivity contribution in [3.63, 3.8) is 0 Å². The molecule has 0 aliphatic carbocycles. The van der Waals surface area contributed by atoms with Crippen LogP contribution in [0.3, 0.4) is 0 Å². The third-order valence-corrected chi connectivity index (χ3v) is 6.35. The minimum atomic E-state index is -3.69. The molecule has 122 valence electrons. The van der Waals surface area contributed by atoms with E-state index in [1.165, 1.54) is 15.1 Å². The molecule has 0 saturated carbocycles. The highest BCUT2D eigenvalue weighted by Crippen LogP contribution is 2.44. The summed E-state index contributed by atoms with van der Waals surface area (Å²) >= 11 is 0. The molecule has 2 saturated heterocycles. The molecule has 1 N–H and O–H groups in total. The van der Waals surface area contributed by atoms with E-state index in [1.807, 2.05) is 0 Å². The lowest BCUT2D eigenvalue weighted by Crippen LogP contribution is -2.49. The van der Waals surface area contributed by atoms with Crippen molar-refractivity contribution in [3.8, 4) is 0 Å². The predicted molar refractivity (Wildman–Crippen MR) is 77.4 cm³/mol. The molecule has 9 heteroatoms. The van der Waals surface area contributed by atoms with E-state index in [0.717, 1.165) is 0 Å². The highest BCUT2D eigenvalue weighted by atomic mass is 32.2. The van der Waals surface area contributed by atoms with Gasteiger partial charge >= 0.3 is 0 Å². The van der Waals surface area contributed by atoms with Gasteiger partial charge in [-0.2, -0.15) is 9.40 Å². The molecule has 22 heavy (non-hydrogen) atoms. The number of ether oxygens (including phenoxy) is 1. The number of aromatic nitrogens is 2. The fraction of sp³-hybridized carbons (Fsp3) is 0.692. The Labute approximate surface area is 129 Å². The molecule has 2 aliphatic rings. The van der Waals surface area contributed by atoms with Crippen molar-refractivity contribution >= 4 is 15.9 Å². The average Bonchev–Trinajstić information content (AvgIpc) is 3.11. The molecule has 1 amide bonds. The fourth-order valence-corrected chi connectivity index (χ4v) is 4.88. The average molecular weight is 328 g/mol. The molecule has 2 fully saturated rings. The molecule has 0 radical (unpaired) electrons. The number of amides is 1. The van der Waals surface area contributed by atoms with Crippen LogP contribution in [-0.2, 0) is 26.6 Å². The lowest BCUT2D eigenvalue weighted by atomic mass is 9.73. The first-order valence-corrected chi connectivity index (χ1v) is 8.64. The van der Waals surface area contributed by atoms with Crippen molar-refractivity contribution in [1.29, 1.82) is 0 Å². The Kier molecular flexibility index (Phi) is 3.74. The normalized spacial score (nSPS) is 29.3. The van der Waals surface area contributed by atoms with Gasteiger partial charge in [-0.25, -0.2) is 8.42 Å². The number of aryl methyl sites for hydroxylation is 1. The van der Waals surface area contributed by atoms with Gasteiger partial charge in [0, 0.05) is 45.9 Å². The molecule has 8 nitrogen and oxygen atoms in total. The van der Waals surface area contributed by atoms with Gasteiger partial charge in [-0.1, -0.05) is 0 Å². The highest BCUT2D eigenvalue weighted by molar-refractivity contribution is 7.89. The molecular weight excluding hydrogens is 308 g/mol. The maximum absolute atomic E-state index is 12.7. The molecule has 0 aromatic carbocycles. The topological polar surface area (TPSA) is 93.5 Å². The lowest BCUT2D eigenvalue weighted by molar-refractivity contribution is -0.138. The summed E-state index contributed by atoms with van der Waals surface area (Å²) in [6.07, 6.45) is 2.12. The van der Waals surface area contributed by atoms with Crippen LogP contribution < -0.4 is 5.32 Å². The zero-order valence-electron chi connectivity index (χ0n) is 12.7. The SMILES string of the molecule is CNC(=O)[C@]12CCOC[C@H]1CN(S(=O)(=O)c1ccn(C)n1)C2. The Balaban J connectivity index is 1.93. The van der Waals surface area contributed by atoms with Crippen LogP contribution in [0.1, 0.15) is 6.42 Å². The summed E-state index contributed by atoms with van der Waals surface area (Å²) in [4.78, 5) is 12.4. The van der Waals surface area contributed by atoms with Gasteiger partial charge in [-0.3, -0.25) is 9.48 Å². The maximum atomic E-state index is 12.7. The van der Waals surface area contributed by atoms with Gasteiger partial charge in [0.05, 0.1) is 12.0 Å². The van der Waals surface area contributed by atoms with Crippen LogP contribution in [-0.4, -0.2) is 61.8 Å². The number of sulfonamides is 1. The van der Waals surface area contributed by atoms with Crippen LogP contribution in [0.25, 0.3) is 0 Å². The van der Waals surface area contributed by atoms with E-state index < -0.39 is 15.4 Å². The summed E-state index contributed by atoms with van der Waals surface area (Å²) in [7, 11) is -0.438. The summed E-state index contributed by atoms with van der Waals surface area (Å²) < 4.78 is 33.7. The van der Waals surface area contributed by atoms with Crippen LogP contribution in [0, 0.1) is 11.3 Å². The van der Waals surface area contributed by atoms with Crippen molar-refractivity contribution < 1.29 is 17.9 Å².